The number of carbonyl (C=O) groups excluding carboxylic acids is 1. The predicted molar refractivity (Wildman–Crippen MR) is 71.8 cm³/mol. The Morgan fingerprint density at radius 1 is 1.18 bits per heavy atom. The van der Waals surface area contributed by atoms with E-state index in [0.29, 0.717) is 6.54 Å². The Hall–Kier alpha value is -1.57. The van der Waals surface area contributed by atoms with Crippen molar-refractivity contribution in [1.82, 2.24) is 5.32 Å². The first-order valence-corrected chi connectivity index (χ1v) is 6.22. The van der Waals surface area contributed by atoms with Gasteiger partial charge >= 0.3 is 0 Å². The molecule has 0 unspecified atom stereocenters. The Morgan fingerprint density at radius 2 is 1.94 bits per heavy atom. The van der Waals surface area contributed by atoms with Crippen molar-refractivity contribution < 1.29 is 4.79 Å². The highest BCUT2D eigenvalue weighted by atomic mass is 16.1. The highest BCUT2D eigenvalue weighted by Gasteiger charge is 1.91. The second-order valence-corrected chi connectivity index (χ2v) is 4.14. The fourth-order valence-corrected chi connectivity index (χ4v) is 1.64. The van der Waals surface area contributed by atoms with E-state index in [9.17, 15) is 4.79 Å². The Balaban J connectivity index is 1.99. The molecule has 2 nitrogen and oxygen atoms in total. The summed E-state index contributed by atoms with van der Waals surface area (Å²) in [6.45, 7) is 2.18. The third-order valence-electron chi connectivity index (χ3n) is 2.56. The van der Waals surface area contributed by atoms with Gasteiger partial charge < -0.3 is 5.32 Å². The van der Waals surface area contributed by atoms with Crippen LogP contribution in [0.15, 0.2) is 42.5 Å². The topological polar surface area (TPSA) is 29.1 Å². The second-order valence-electron chi connectivity index (χ2n) is 4.14. The molecule has 17 heavy (non-hydrogen) atoms. The fourth-order valence-electron chi connectivity index (χ4n) is 1.64. The van der Waals surface area contributed by atoms with E-state index >= 15 is 0 Å². The van der Waals surface area contributed by atoms with Gasteiger partial charge in [0.2, 0.25) is 5.91 Å². The van der Waals surface area contributed by atoms with Gasteiger partial charge in [0.15, 0.2) is 0 Å². The zero-order valence-electron chi connectivity index (χ0n) is 10.5. The fraction of sp³-hybridized carbons (Fsp3) is 0.400. The Morgan fingerprint density at radius 3 is 2.65 bits per heavy atom. The van der Waals surface area contributed by atoms with Crippen molar-refractivity contribution in [2.24, 2.45) is 0 Å². The molecule has 0 heterocycles. The van der Waals surface area contributed by atoms with Gasteiger partial charge in [0.25, 0.3) is 0 Å². The van der Waals surface area contributed by atoms with E-state index in [1.54, 1.807) is 0 Å². The molecular formula is C15H21NO. The summed E-state index contributed by atoms with van der Waals surface area (Å²) in [5.41, 5.74) is 1.41. The summed E-state index contributed by atoms with van der Waals surface area (Å²) in [7, 11) is 0. The number of carbonyl (C=O) groups is 1. The first-order chi connectivity index (χ1) is 8.29. The van der Waals surface area contributed by atoms with Crippen molar-refractivity contribution in [3.05, 3.63) is 48.0 Å². The maximum Gasteiger partial charge on any atom is 0.217 e. The van der Waals surface area contributed by atoms with Gasteiger partial charge in [0, 0.05) is 13.5 Å². The third-order valence-corrected chi connectivity index (χ3v) is 2.56. The number of hydrogen-bond donors (Lipinski definition) is 1. The van der Waals surface area contributed by atoms with Gasteiger partial charge in [-0.25, -0.2) is 0 Å². The van der Waals surface area contributed by atoms with E-state index in [-0.39, 0.29) is 5.91 Å². The summed E-state index contributed by atoms with van der Waals surface area (Å²) in [4.78, 5) is 10.6. The van der Waals surface area contributed by atoms with Crippen molar-refractivity contribution in [2.75, 3.05) is 6.54 Å². The molecule has 0 aliphatic rings. The minimum atomic E-state index is 0.0266. The summed E-state index contributed by atoms with van der Waals surface area (Å²) in [5.74, 6) is 0.0266. The van der Waals surface area contributed by atoms with Crippen LogP contribution >= 0.6 is 0 Å². The first kappa shape index (κ1) is 13.5. The minimum absolute atomic E-state index is 0.0266. The maximum atomic E-state index is 10.6. The van der Waals surface area contributed by atoms with Crippen LogP contribution in [0.2, 0.25) is 0 Å². The normalized spacial score (nSPS) is 10.6. The van der Waals surface area contributed by atoms with Gasteiger partial charge in [-0.05, 0) is 31.2 Å². The second kappa shape index (κ2) is 8.57. The number of aryl methyl sites for hydroxylation is 1. The lowest BCUT2D eigenvalue weighted by Crippen LogP contribution is -2.19. The minimum Gasteiger partial charge on any atom is -0.353 e. The monoisotopic (exact) mass is 231 g/mol. The van der Waals surface area contributed by atoms with Gasteiger partial charge in [0.1, 0.15) is 0 Å². The number of rotatable bonds is 7. The lowest BCUT2D eigenvalue weighted by molar-refractivity contribution is -0.118. The van der Waals surface area contributed by atoms with Crippen LogP contribution in [0.4, 0.5) is 0 Å². The van der Waals surface area contributed by atoms with Crippen molar-refractivity contribution in [3.63, 3.8) is 0 Å². The molecular weight excluding hydrogens is 210 g/mol. The van der Waals surface area contributed by atoms with Crippen LogP contribution < -0.4 is 5.32 Å². The van der Waals surface area contributed by atoms with Crippen molar-refractivity contribution in [3.8, 4) is 0 Å². The van der Waals surface area contributed by atoms with E-state index in [4.69, 9.17) is 0 Å². The molecule has 0 aliphatic heterocycles. The smallest absolute Gasteiger partial charge is 0.217 e. The molecule has 0 saturated carbocycles. The molecule has 0 fully saturated rings. The Bertz CT molecular complexity index is 343. The maximum absolute atomic E-state index is 10.6. The lowest BCUT2D eigenvalue weighted by atomic mass is 10.1. The molecule has 0 aromatic heterocycles. The van der Waals surface area contributed by atoms with Crippen LogP contribution in [0.5, 0.6) is 0 Å². The number of hydrogen-bond acceptors (Lipinski definition) is 1. The van der Waals surface area contributed by atoms with Gasteiger partial charge in [0.05, 0.1) is 0 Å². The van der Waals surface area contributed by atoms with E-state index in [1.165, 1.54) is 25.3 Å². The standard InChI is InChI=1S/C15H21NO/c1-14(17)16-13-9-4-2-3-6-10-15-11-7-5-8-12-15/h4-5,7-9,11-12H,2-3,6,10,13H2,1H3,(H,16,17). The molecule has 0 atom stereocenters. The molecule has 0 saturated heterocycles. The largest absolute Gasteiger partial charge is 0.353 e. The van der Waals surface area contributed by atoms with Crippen molar-refractivity contribution >= 4 is 5.91 Å². The van der Waals surface area contributed by atoms with Crippen LogP contribution in [0.3, 0.4) is 0 Å². The summed E-state index contributed by atoms with van der Waals surface area (Å²) in [6.07, 6.45) is 8.82. The van der Waals surface area contributed by atoms with E-state index in [2.05, 4.69) is 35.7 Å². The average molecular weight is 231 g/mol. The third kappa shape index (κ3) is 7.34. The average Bonchev–Trinajstić information content (AvgIpc) is 2.33. The quantitative estimate of drug-likeness (QED) is 0.567. The van der Waals surface area contributed by atoms with Crippen LogP contribution in [-0.4, -0.2) is 12.5 Å². The summed E-state index contributed by atoms with van der Waals surface area (Å²) in [6, 6.07) is 10.6. The van der Waals surface area contributed by atoms with Gasteiger partial charge in [-0.15, -0.1) is 0 Å². The van der Waals surface area contributed by atoms with E-state index in [0.717, 1.165) is 12.8 Å². The van der Waals surface area contributed by atoms with E-state index in [1.807, 2.05) is 12.1 Å². The molecule has 0 bridgehead atoms. The highest BCUT2D eigenvalue weighted by Crippen LogP contribution is 2.06. The molecule has 92 valence electrons. The molecule has 2 heteroatoms. The molecule has 1 N–H and O–H groups in total. The van der Waals surface area contributed by atoms with Gasteiger partial charge in [-0.2, -0.15) is 0 Å². The first-order valence-electron chi connectivity index (χ1n) is 6.22. The zero-order valence-corrected chi connectivity index (χ0v) is 10.5. The number of unbranched alkanes of at least 4 members (excludes halogenated alkanes) is 2. The molecule has 0 radical (unpaired) electrons. The lowest BCUT2D eigenvalue weighted by Gasteiger charge is -1.99. The zero-order chi connectivity index (χ0) is 12.3. The Labute approximate surface area is 104 Å². The molecule has 1 aromatic carbocycles. The number of nitrogens with one attached hydrogen (secondary N) is 1. The van der Waals surface area contributed by atoms with Crippen LogP contribution in [-0.2, 0) is 11.2 Å². The van der Waals surface area contributed by atoms with Gasteiger partial charge in [-0.3, -0.25) is 4.79 Å². The molecule has 1 aromatic rings. The molecule has 0 spiro atoms. The highest BCUT2D eigenvalue weighted by molar-refractivity contribution is 5.72. The number of allylic oxidation sites excluding steroid dienone is 1. The summed E-state index contributed by atoms with van der Waals surface area (Å²) >= 11 is 0. The van der Waals surface area contributed by atoms with E-state index < -0.39 is 0 Å². The van der Waals surface area contributed by atoms with Crippen molar-refractivity contribution in [2.45, 2.75) is 32.6 Å². The number of amides is 1. The summed E-state index contributed by atoms with van der Waals surface area (Å²) < 4.78 is 0. The summed E-state index contributed by atoms with van der Waals surface area (Å²) in [5, 5.41) is 2.74. The SMILES string of the molecule is CC(=O)NCC=CCCCCc1ccccc1. The van der Waals surface area contributed by atoms with Gasteiger partial charge in [-0.1, -0.05) is 42.5 Å². The van der Waals surface area contributed by atoms with Crippen molar-refractivity contribution in [1.29, 1.82) is 0 Å². The number of benzene rings is 1. The molecule has 1 amide bonds. The van der Waals surface area contributed by atoms with Crippen LogP contribution in [0, 0.1) is 0 Å². The predicted octanol–water partition coefficient (Wildman–Crippen LogP) is 3.09. The van der Waals surface area contributed by atoms with Crippen LogP contribution in [0.25, 0.3) is 0 Å². The molecule has 0 aliphatic carbocycles. The van der Waals surface area contributed by atoms with Crippen LogP contribution in [0.1, 0.15) is 31.7 Å². The Kier molecular flexibility index (Phi) is 6.80. The molecule has 1 rings (SSSR count).